The largest absolute Gasteiger partial charge is 0.496 e. The van der Waals surface area contributed by atoms with E-state index in [0.29, 0.717) is 26.0 Å². The molecule has 0 unspecified atom stereocenters. The van der Waals surface area contributed by atoms with Gasteiger partial charge in [-0.2, -0.15) is 0 Å². The van der Waals surface area contributed by atoms with Crippen LogP contribution in [0, 0.1) is 6.92 Å². The Balaban J connectivity index is 1.73. The van der Waals surface area contributed by atoms with E-state index < -0.39 is 6.10 Å². The SMILES string of the molecule is COc1cc(CCC(=O)N2CCO[C@H](CO)[C@H]2c2ccccc2)ccc1C. The number of morpholine rings is 1. The van der Waals surface area contributed by atoms with Crippen molar-refractivity contribution in [3.8, 4) is 5.75 Å². The van der Waals surface area contributed by atoms with Gasteiger partial charge < -0.3 is 19.5 Å². The molecule has 5 heteroatoms. The quantitative estimate of drug-likeness (QED) is 0.851. The minimum Gasteiger partial charge on any atom is -0.496 e. The first kappa shape index (κ1) is 19.4. The lowest BCUT2D eigenvalue weighted by atomic mass is 9.97. The lowest BCUT2D eigenvalue weighted by molar-refractivity contribution is -0.149. The van der Waals surface area contributed by atoms with Crippen molar-refractivity contribution in [3.05, 3.63) is 65.2 Å². The Morgan fingerprint density at radius 1 is 1.26 bits per heavy atom. The van der Waals surface area contributed by atoms with Crippen LogP contribution in [0.3, 0.4) is 0 Å². The predicted molar refractivity (Wildman–Crippen MR) is 104 cm³/mol. The molecule has 0 spiro atoms. The molecule has 0 radical (unpaired) electrons. The molecule has 5 nitrogen and oxygen atoms in total. The van der Waals surface area contributed by atoms with Crippen molar-refractivity contribution in [2.75, 3.05) is 26.9 Å². The van der Waals surface area contributed by atoms with E-state index in [1.807, 2.05) is 60.4 Å². The van der Waals surface area contributed by atoms with Crippen molar-refractivity contribution in [2.45, 2.75) is 31.9 Å². The summed E-state index contributed by atoms with van der Waals surface area (Å²) in [5.41, 5.74) is 3.14. The molecule has 0 bridgehead atoms. The summed E-state index contributed by atoms with van der Waals surface area (Å²) in [4.78, 5) is 14.8. The van der Waals surface area contributed by atoms with Crippen molar-refractivity contribution >= 4 is 5.91 Å². The van der Waals surface area contributed by atoms with Crippen LogP contribution in [0.1, 0.15) is 29.2 Å². The summed E-state index contributed by atoms with van der Waals surface area (Å²) in [6, 6.07) is 15.6. The van der Waals surface area contributed by atoms with Gasteiger partial charge in [0.15, 0.2) is 0 Å². The number of rotatable bonds is 6. The molecular weight excluding hydrogens is 342 g/mol. The molecule has 1 heterocycles. The van der Waals surface area contributed by atoms with E-state index in [4.69, 9.17) is 9.47 Å². The van der Waals surface area contributed by atoms with Crippen LogP contribution in [0.25, 0.3) is 0 Å². The molecule has 1 aliphatic heterocycles. The van der Waals surface area contributed by atoms with Gasteiger partial charge in [0.05, 0.1) is 26.4 Å². The molecule has 1 N–H and O–H groups in total. The molecule has 2 atom stereocenters. The molecule has 2 aromatic rings. The highest BCUT2D eigenvalue weighted by Gasteiger charge is 2.35. The molecular formula is C22H27NO4. The van der Waals surface area contributed by atoms with Gasteiger partial charge >= 0.3 is 0 Å². The Labute approximate surface area is 160 Å². The molecule has 0 saturated carbocycles. The molecule has 1 fully saturated rings. The van der Waals surface area contributed by atoms with E-state index in [-0.39, 0.29) is 18.6 Å². The zero-order valence-electron chi connectivity index (χ0n) is 15.9. The second kappa shape index (κ2) is 9.02. The maximum atomic E-state index is 13.0. The van der Waals surface area contributed by atoms with E-state index in [1.54, 1.807) is 7.11 Å². The summed E-state index contributed by atoms with van der Waals surface area (Å²) in [6.07, 6.45) is 0.663. The van der Waals surface area contributed by atoms with E-state index in [2.05, 4.69) is 0 Å². The maximum Gasteiger partial charge on any atom is 0.223 e. The molecule has 1 aliphatic rings. The number of amides is 1. The Morgan fingerprint density at radius 3 is 2.74 bits per heavy atom. The number of aryl methyl sites for hydroxylation is 2. The minimum absolute atomic E-state index is 0.0742. The molecule has 2 aromatic carbocycles. The van der Waals surface area contributed by atoms with Crippen molar-refractivity contribution in [1.29, 1.82) is 0 Å². The highest BCUT2D eigenvalue weighted by molar-refractivity contribution is 5.77. The second-order valence-corrected chi connectivity index (χ2v) is 6.84. The number of aliphatic hydroxyl groups excluding tert-OH is 1. The van der Waals surface area contributed by atoms with E-state index in [1.165, 1.54) is 0 Å². The number of benzene rings is 2. The third-order valence-corrected chi connectivity index (χ3v) is 5.09. The zero-order chi connectivity index (χ0) is 19.2. The topological polar surface area (TPSA) is 59.0 Å². The predicted octanol–water partition coefficient (Wildman–Crippen LogP) is 2.90. The van der Waals surface area contributed by atoms with E-state index in [0.717, 1.165) is 22.4 Å². The number of aliphatic hydroxyl groups is 1. The normalized spacial score (nSPS) is 19.7. The zero-order valence-corrected chi connectivity index (χ0v) is 15.9. The third kappa shape index (κ3) is 4.49. The van der Waals surface area contributed by atoms with Gasteiger partial charge in [0, 0.05) is 13.0 Å². The van der Waals surface area contributed by atoms with Gasteiger partial charge in [-0.3, -0.25) is 4.79 Å². The monoisotopic (exact) mass is 369 g/mol. The van der Waals surface area contributed by atoms with Crippen LogP contribution in [0.15, 0.2) is 48.5 Å². The van der Waals surface area contributed by atoms with E-state index in [9.17, 15) is 9.90 Å². The van der Waals surface area contributed by atoms with Gasteiger partial charge in [-0.05, 0) is 36.1 Å². The van der Waals surface area contributed by atoms with Crippen molar-refractivity contribution in [2.24, 2.45) is 0 Å². The summed E-state index contributed by atoms with van der Waals surface area (Å²) in [6.45, 7) is 2.87. The summed E-state index contributed by atoms with van der Waals surface area (Å²) in [7, 11) is 1.66. The van der Waals surface area contributed by atoms with Crippen LogP contribution in [0.5, 0.6) is 5.75 Å². The van der Waals surface area contributed by atoms with Crippen molar-refractivity contribution in [3.63, 3.8) is 0 Å². The van der Waals surface area contributed by atoms with Gasteiger partial charge in [0.2, 0.25) is 5.91 Å². The number of nitrogens with zero attached hydrogens (tertiary/aromatic N) is 1. The number of ether oxygens (including phenoxy) is 2. The van der Waals surface area contributed by atoms with Gasteiger partial charge in [-0.1, -0.05) is 42.5 Å². The number of hydrogen-bond acceptors (Lipinski definition) is 4. The van der Waals surface area contributed by atoms with Crippen molar-refractivity contribution in [1.82, 2.24) is 4.90 Å². The fourth-order valence-electron chi connectivity index (χ4n) is 3.63. The smallest absolute Gasteiger partial charge is 0.223 e. The minimum atomic E-state index is -0.399. The number of methoxy groups -OCH3 is 1. The molecule has 1 amide bonds. The highest BCUT2D eigenvalue weighted by atomic mass is 16.5. The van der Waals surface area contributed by atoms with Crippen LogP contribution < -0.4 is 4.74 Å². The van der Waals surface area contributed by atoms with Gasteiger partial charge in [-0.15, -0.1) is 0 Å². The van der Waals surface area contributed by atoms with Gasteiger partial charge in [0.1, 0.15) is 11.9 Å². The Bertz CT molecular complexity index is 762. The molecule has 0 aliphatic carbocycles. The Hall–Kier alpha value is -2.37. The average Bonchev–Trinajstić information content (AvgIpc) is 2.72. The lowest BCUT2D eigenvalue weighted by Gasteiger charge is -2.41. The van der Waals surface area contributed by atoms with Crippen LogP contribution >= 0.6 is 0 Å². The van der Waals surface area contributed by atoms with Crippen LogP contribution in [0.4, 0.5) is 0 Å². The number of carbonyl (C=O) groups is 1. The lowest BCUT2D eigenvalue weighted by Crippen LogP contribution is -2.49. The van der Waals surface area contributed by atoms with Crippen LogP contribution in [0.2, 0.25) is 0 Å². The molecule has 0 aromatic heterocycles. The first-order chi connectivity index (χ1) is 13.1. The first-order valence-corrected chi connectivity index (χ1v) is 9.34. The summed E-state index contributed by atoms with van der Waals surface area (Å²) >= 11 is 0. The fourth-order valence-corrected chi connectivity index (χ4v) is 3.63. The fraction of sp³-hybridized carbons (Fsp3) is 0.409. The van der Waals surface area contributed by atoms with Crippen LogP contribution in [-0.4, -0.2) is 48.9 Å². The summed E-state index contributed by atoms with van der Waals surface area (Å²) in [5.74, 6) is 0.916. The Morgan fingerprint density at radius 2 is 2.04 bits per heavy atom. The summed E-state index contributed by atoms with van der Waals surface area (Å²) in [5, 5.41) is 9.74. The molecule has 27 heavy (non-hydrogen) atoms. The number of carbonyl (C=O) groups excluding carboxylic acids is 1. The molecule has 144 valence electrons. The van der Waals surface area contributed by atoms with Gasteiger partial charge in [-0.25, -0.2) is 0 Å². The summed E-state index contributed by atoms with van der Waals surface area (Å²) < 4.78 is 11.1. The average molecular weight is 369 g/mol. The Kier molecular flexibility index (Phi) is 6.48. The van der Waals surface area contributed by atoms with Gasteiger partial charge in [0.25, 0.3) is 0 Å². The molecule has 3 rings (SSSR count). The van der Waals surface area contributed by atoms with Crippen molar-refractivity contribution < 1.29 is 19.4 Å². The standard InChI is InChI=1S/C22H27NO4/c1-16-8-9-17(14-19(16)26-2)10-11-21(25)23-12-13-27-20(15-24)22(23)18-6-4-3-5-7-18/h3-9,14,20,22,24H,10-13,15H2,1-2H3/t20-,22-/m1/s1. The third-order valence-electron chi connectivity index (χ3n) is 5.09. The van der Waals surface area contributed by atoms with E-state index >= 15 is 0 Å². The molecule has 1 saturated heterocycles. The second-order valence-electron chi connectivity index (χ2n) is 6.84. The van der Waals surface area contributed by atoms with Crippen LogP contribution in [-0.2, 0) is 16.0 Å². The first-order valence-electron chi connectivity index (χ1n) is 9.34. The maximum absolute atomic E-state index is 13.0. The number of hydrogen-bond donors (Lipinski definition) is 1. The highest BCUT2D eigenvalue weighted by Crippen LogP contribution is 2.30.